The van der Waals surface area contributed by atoms with Gasteiger partial charge in [-0.1, -0.05) is 0 Å². The maximum atomic E-state index is 11.6. The fourth-order valence-corrected chi connectivity index (χ4v) is 1.56. The van der Waals surface area contributed by atoms with Gasteiger partial charge >= 0.3 is 0 Å². The van der Waals surface area contributed by atoms with Crippen LogP contribution in [0.5, 0.6) is 0 Å². The number of carbonyl (C=O) groups excluding carboxylic acids is 1. The zero-order valence-corrected chi connectivity index (χ0v) is 10.6. The molecular weight excluding hydrogens is 262 g/mol. The second kappa shape index (κ2) is 6.41. The van der Waals surface area contributed by atoms with Crippen molar-refractivity contribution in [2.75, 3.05) is 6.54 Å². The zero-order chi connectivity index (χ0) is 14.4. The summed E-state index contributed by atoms with van der Waals surface area (Å²) in [5.41, 5.74) is -0.527. The number of carbonyl (C=O) groups is 1. The van der Waals surface area contributed by atoms with E-state index < -0.39 is 0 Å². The third kappa shape index (κ3) is 3.61. The van der Waals surface area contributed by atoms with Crippen LogP contribution in [0.1, 0.15) is 0 Å². The summed E-state index contributed by atoms with van der Waals surface area (Å²) in [5.74, 6) is -0.330. The number of nitrogens with zero attached hydrogens (tertiary/aromatic N) is 4. The smallest absolute Gasteiger partial charge is 0.266 e. The van der Waals surface area contributed by atoms with Crippen LogP contribution in [0.3, 0.4) is 0 Å². The van der Waals surface area contributed by atoms with Gasteiger partial charge < -0.3 is 5.32 Å². The molecule has 1 N–H and O–H groups in total. The summed E-state index contributed by atoms with van der Waals surface area (Å²) in [6.45, 7) is 0.419. The molecule has 0 saturated carbocycles. The first-order valence-electron chi connectivity index (χ1n) is 5.96. The Hall–Kier alpha value is -2.77. The second-order valence-corrected chi connectivity index (χ2v) is 3.98. The van der Waals surface area contributed by atoms with Gasteiger partial charge in [0.25, 0.3) is 11.1 Å². The van der Waals surface area contributed by atoms with Crippen molar-refractivity contribution in [3.8, 4) is 0 Å². The predicted molar refractivity (Wildman–Crippen MR) is 70.0 cm³/mol. The number of nitrogens with one attached hydrogen (secondary N) is 1. The minimum absolute atomic E-state index is 0.107. The van der Waals surface area contributed by atoms with E-state index in [0.717, 1.165) is 0 Å². The van der Waals surface area contributed by atoms with E-state index in [1.165, 1.54) is 40.1 Å². The number of hydrogen-bond donors (Lipinski definition) is 1. The summed E-state index contributed by atoms with van der Waals surface area (Å²) in [7, 11) is 0. The van der Waals surface area contributed by atoms with Crippen molar-refractivity contribution in [1.82, 2.24) is 24.6 Å². The highest BCUT2D eigenvalue weighted by Gasteiger charge is 2.04. The maximum Gasteiger partial charge on any atom is 0.266 e. The summed E-state index contributed by atoms with van der Waals surface area (Å²) >= 11 is 0. The van der Waals surface area contributed by atoms with Gasteiger partial charge in [-0.3, -0.25) is 19.0 Å². The van der Waals surface area contributed by atoms with Gasteiger partial charge in [0.1, 0.15) is 6.54 Å². The second-order valence-electron chi connectivity index (χ2n) is 3.98. The lowest BCUT2D eigenvalue weighted by Crippen LogP contribution is -2.35. The van der Waals surface area contributed by atoms with E-state index >= 15 is 0 Å². The van der Waals surface area contributed by atoms with E-state index in [1.807, 2.05) is 0 Å². The fourth-order valence-electron chi connectivity index (χ4n) is 1.56. The molecule has 8 heteroatoms. The van der Waals surface area contributed by atoms with Crippen LogP contribution in [0, 0.1) is 0 Å². The van der Waals surface area contributed by atoms with Crippen LogP contribution in [0.25, 0.3) is 0 Å². The Morgan fingerprint density at radius 3 is 2.80 bits per heavy atom. The van der Waals surface area contributed by atoms with Gasteiger partial charge in [-0.25, -0.2) is 9.67 Å². The third-order valence-electron chi connectivity index (χ3n) is 2.54. The van der Waals surface area contributed by atoms with Gasteiger partial charge in [-0.2, -0.15) is 5.10 Å². The molecule has 0 aromatic carbocycles. The first-order chi connectivity index (χ1) is 9.66. The number of aromatic nitrogens is 4. The Kier molecular flexibility index (Phi) is 4.38. The van der Waals surface area contributed by atoms with E-state index in [1.54, 1.807) is 6.07 Å². The van der Waals surface area contributed by atoms with Crippen LogP contribution in [-0.4, -0.2) is 31.8 Å². The fraction of sp³-hybridized carbons (Fsp3) is 0.250. The number of amides is 1. The van der Waals surface area contributed by atoms with Gasteiger partial charge in [0.05, 0.1) is 12.9 Å². The molecule has 0 bridgehead atoms. The quantitative estimate of drug-likeness (QED) is 0.725. The van der Waals surface area contributed by atoms with Crippen LogP contribution >= 0.6 is 0 Å². The molecule has 2 heterocycles. The molecule has 0 radical (unpaired) electrons. The molecule has 20 heavy (non-hydrogen) atoms. The molecule has 0 spiro atoms. The summed E-state index contributed by atoms with van der Waals surface area (Å²) in [6, 6.07) is 4.22. The molecular formula is C12H13N5O3. The van der Waals surface area contributed by atoms with Crippen molar-refractivity contribution in [2.45, 2.75) is 13.1 Å². The Labute approximate surface area is 113 Å². The van der Waals surface area contributed by atoms with Gasteiger partial charge in [0, 0.05) is 31.1 Å². The zero-order valence-electron chi connectivity index (χ0n) is 10.6. The lowest BCUT2D eigenvalue weighted by Gasteiger charge is -2.07. The molecule has 8 nitrogen and oxygen atoms in total. The van der Waals surface area contributed by atoms with Gasteiger partial charge in [0.2, 0.25) is 5.91 Å². The average molecular weight is 275 g/mol. The van der Waals surface area contributed by atoms with Crippen molar-refractivity contribution in [2.24, 2.45) is 0 Å². The van der Waals surface area contributed by atoms with Gasteiger partial charge in [0.15, 0.2) is 0 Å². The molecule has 0 aliphatic heterocycles. The molecule has 0 unspecified atom stereocenters. The lowest BCUT2D eigenvalue weighted by molar-refractivity contribution is -0.121. The maximum absolute atomic E-state index is 11.6. The van der Waals surface area contributed by atoms with Gasteiger partial charge in [-0.15, -0.1) is 0 Å². The molecule has 2 aromatic rings. The van der Waals surface area contributed by atoms with Gasteiger partial charge in [-0.05, 0) is 6.07 Å². The summed E-state index contributed by atoms with van der Waals surface area (Å²) in [5, 5.41) is 6.47. The number of rotatable bonds is 5. The van der Waals surface area contributed by atoms with Crippen LogP contribution in [0.4, 0.5) is 0 Å². The van der Waals surface area contributed by atoms with Crippen molar-refractivity contribution in [3.05, 3.63) is 57.6 Å². The first kappa shape index (κ1) is 13.7. The third-order valence-corrected chi connectivity index (χ3v) is 2.54. The van der Waals surface area contributed by atoms with Crippen molar-refractivity contribution in [1.29, 1.82) is 0 Å². The van der Waals surface area contributed by atoms with Crippen molar-refractivity contribution in [3.63, 3.8) is 0 Å². The minimum Gasteiger partial charge on any atom is -0.353 e. The van der Waals surface area contributed by atoms with E-state index in [4.69, 9.17) is 0 Å². The largest absolute Gasteiger partial charge is 0.353 e. The first-order valence-corrected chi connectivity index (χ1v) is 5.96. The highest BCUT2D eigenvalue weighted by Crippen LogP contribution is 1.80. The Bertz CT molecular complexity index is 706. The van der Waals surface area contributed by atoms with E-state index in [-0.39, 0.29) is 36.7 Å². The predicted octanol–water partition coefficient (Wildman–Crippen LogP) is -1.38. The van der Waals surface area contributed by atoms with E-state index in [2.05, 4.69) is 15.4 Å². The van der Waals surface area contributed by atoms with Crippen LogP contribution in [0.15, 0.2) is 46.5 Å². The standard InChI is InChI=1S/C12H13N5O3/c18-10(8-16-9-13-5-3-11(16)19)14-6-7-17-12(20)2-1-4-15-17/h1-5,9H,6-8H2,(H,14,18). The SMILES string of the molecule is O=C(Cn1cnccc1=O)NCCn1ncccc1=O. The van der Waals surface area contributed by atoms with E-state index in [9.17, 15) is 14.4 Å². The summed E-state index contributed by atoms with van der Waals surface area (Å²) < 4.78 is 2.44. The molecule has 2 aromatic heterocycles. The minimum atomic E-state index is -0.330. The monoisotopic (exact) mass is 275 g/mol. The molecule has 1 amide bonds. The molecule has 104 valence electrons. The lowest BCUT2D eigenvalue weighted by atomic mass is 10.5. The normalized spacial score (nSPS) is 10.2. The average Bonchev–Trinajstić information content (AvgIpc) is 2.43. The molecule has 2 rings (SSSR count). The number of hydrogen-bond acceptors (Lipinski definition) is 5. The highest BCUT2D eigenvalue weighted by molar-refractivity contribution is 5.75. The van der Waals surface area contributed by atoms with Crippen molar-refractivity contribution < 1.29 is 4.79 Å². The molecule has 0 aliphatic rings. The van der Waals surface area contributed by atoms with E-state index in [0.29, 0.717) is 0 Å². The molecule has 0 saturated heterocycles. The molecule has 0 aliphatic carbocycles. The summed E-state index contributed by atoms with van der Waals surface area (Å²) in [6.07, 6.45) is 4.16. The molecule has 0 atom stereocenters. The Morgan fingerprint density at radius 1 is 1.20 bits per heavy atom. The van der Waals surface area contributed by atoms with Crippen molar-refractivity contribution >= 4 is 5.91 Å². The summed E-state index contributed by atoms with van der Waals surface area (Å²) in [4.78, 5) is 38.1. The highest BCUT2D eigenvalue weighted by atomic mass is 16.2. The van der Waals surface area contributed by atoms with Crippen LogP contribution in [-0.2, 0) is 17.9 Å². The Balaban J connectivity index is 1.85. The molecule has 0 fully saturated rings. The van der Waals surface area contributed by atoms with Crippen LogP contribution < -0.4 is 16.4 Å². The Morgan fingerprint density at radius 2 is 2.05 bits per heavy atom. The topological polar surface area (TPSA) is 98.9 Å². The van der Waals surface area contributed by atoms with Crippen LogP contribution in [0.2, 0.25) is 0 Å².